The molecule has 2 aromatic carbocycles. The average Bonchev–Trinajstić information content (AvgIpc) is 2.72. The van der Waals surface area contributed by atoms with Gasteiger partial charge in [-0.05, 0) is 0 Å². The van der Waals surface area contributed by atoms with Crippen LogP contribution in [0.15, 0.2) is 72.1 Å². The van der Waals surface area contributed by atoms with Gasteiger partial charge in [0.2, 0.25) is 0 Å². The van der Waals surface area contributed by atoms with E-state index in [0.717, 1.165) is 33.7 Å². The smallest absolute Gasteiger partial charge is 0.127 e. The lowest BCUT2D eigenvalue weighted by molar-refractivity contribution is 0.770. The number of nitrogens with two attached hydrogens (primary N) is 1. The summed E-state index contributed by atoms with van der Waals surface area (Å²) in [7, 11) is 0. The first-order valence-electron chi connectivity index (χ1n) is 7.13. The van der Waals surface area contributed by atoms with Crippen molar-refractivity contribution in [1.29, 1.82) is 0 Å². The monoisotopic (exact) mass is 286 g/mol. The molecular formula is C18H14N4. The van der Waals surface area contributed by atoms with Crippen LogP contribution in [0.25, 0.3) is 11.3 Å². The Labute approximate surface area is 128 Å². The van der Waals surface area contributed by atoms with Gasteiger partial charge in [0.05, 0.1) is 11.4 Å². The van der Waals surface area contributed by atoms with Gasteiger partial charge in [0, 0.05) is 28.5 Å². The molecule has 0 radical (unpaired) electrons. The van der Waals surface area contributed by atoms with E-state index in [-0.39, 0.29) is 0 Å². The van der Waals surface area contributed by atoms with Crippen molar-refractivity contribution in [2.45, 2.75) is 6.17 Å². The van der Waals surface area contributed by atoms with Crippen molar-refractivity contribution in [3.05, 3.63) is 83.8 Å². The summed E-state index contributed by atoms with van der Waals surface area (Å²) in [6.07, 6.45) is 2.83. The zero-order valence-corrected chi connectivity index (χ0v) is 11.8. The van der Waals surface area contributed by atoms with Crippen LogP contribution in [0.2, 0.25) is 0 Å². The van der Waals surface area contributed by atoms with Crippen molar-refractivity contribution in [3.63, 3.8) is 0 Å². The fourth-order valence-electron chi connectivity index (χ4n) is 2.78. The second-order valence-electron chi connectivity index (χ2n) is 5.16. The van der Waals surface area contributed by atoms with E-state index in [0.29, 0.717) is 0 Å². The third kappa shape index (κ3) is 2.01. The number of fused-ring (bicyclic) bond motifs is 3. The maximum Gasteiger partial charge on any atom is 0.127 e. The molecule has 1 aliphatic rings. The Morgan fingerprint density at radius 2 is 1.59 bits per heavy atom. The fourth-order valence-corrected chi connectivity index (χ4v) is 2.78. The summed E-state index contributed by atoms with van der Waals surface area (Å²) in [6.45, 7) is 0. The van der Waals surface area contributed by atoms with Gasteiger partial charge in [-0.2, -0.15) is 0 Å². The Morgan fingerprint density at radius 3 is 2.41 bits per heavy atom. The molecule has 0 aliphatic carbocycles. The summed E-state index contributed by atoms with van der Waals surface area (Å²) in [5, 5.41) is 0. The van der Waals surface area contributed by atoms with Crippen molar-refractivity contribution in [2.24, 2.45) is 10.7 Å². The van der Waals surface area contributed by atoms with Crippen LogP contribution in [0.1, 0.15) is 22.9 Å². The highest BCUT2D eigenvalue weighted by molar-refractivity contribution is 6.16. The topological polar surface area (TPSA) is 64.2 Å². The number of nitrogens with zero attached hydrogens (tertiary/aromatic N) is 3. The Balaban J connectivity index is 2.03. The normalized spacial score (nSPS) is 16.2. The van der Waals surface area contributed by atoms with Gasteiger partial charge in [-0.1, -0.05) is 54.6 Å². The molecule has 1 aromatic heterocycles. The second kappa shape index (κ2) is 5.16. The van der Waals surface area contributed by atoms with Gasteiger partial charge in [-0.15, -0.1) is 0 Å². The first-order chi connectivity index (χ1) is 10.8. The third-order valence-corrected chi connectivity index (χ3v) is 3.81. The summed E-state index contributed by atoms with van der Waals surface area (Å²) in [6, 6.07) is 18.2. The Bertz CT molecular complexity index is 856. The molecule has 0 fully saturated rings. The molecule has 2 heterocycles. The van der Waals surface area contributed by atoms with Crippen molar-refractivity contribution in [2.75, 3.05) is 0 Å². The first-order valence-corrected chi connectivity index (χ1v) is 7.13. The van der Waals surface area contributed by atoms with Gasteiger partial charge in [0.1, 0.15) is 12.5 Å². The predicted molar refractivity (Wildman–Crippen MR) is 86.5 cm³/mol. The van der Waals surface area contributed by atoms with Crippen LogP contribution in [0.5, 0.6) is 0 Å². The highest BCUT2D eigenvalue weighted by Gasteiger charge is 2.23. The van der Waals surface area contributed by atoms with Gasteiger partial charge in [0.25, 0.3) is 0 Å². The molecule has 0 bridgehead atoms. The standard InChI is InChI=1S/C18H14N4/c19-18-15-10-20-11-21-17(15)14-9-5-4-8-13(14)16(22-18)12-6-2-1-3-7-12/h1-11,18H,19H2/t18-/m0/s1. The zero-order valence-electron chi connectivity index (χ0n) is 11.8. The Morgan fingerprint density at radius 1 is 0.864 bits per heavy atom. The largest absolute Gasteiger partial charge is 0.306 e. The fraction of sp³-hybridized carbons (Fsp3) is 0.0556. The summed E-state index contributed by atoms with van der Waals surface area (Å²) >= 11 is 0. The number of benzene rings is 2. The van der Waals surface area contributed by atoms with Crippen LogP contribution in [-0.2, 0) is 0 Å². The van der Waals surface area contributed by atoms with Crippen LogP contribution >= 0.6 is 0 Å². The van der Waals surface area contributed by atoms with Crippen LogP contribution < -0.4 is 5.73 Å². The minimum atomic E-state index is -0.473. The van der Waals surface area contributed by atoms with Gasteiger partial charge in [0.15, 0.2) is 0 Å². The molecular weight excluding hydrogens is 272 g/mol. The molecule has 106 valence electrons. The molecule has 4 heteroatoms. The minimum Gasteiger partial charge on any atom is -0.306 e. The molecule has 0 saturated carbocycles. The maximum absolute atomic E-state index is 6.29. The van der Waals surface area contributed by atoms with Gasteiger partial charge in [-0.25, -0.2) is 9.97 Å². The number of aromatic nitrogens is 2. The van der Waals surface area contributed by atoms with E-state index >= 15 is 0 Å². The molecule has 2 N–H and O–H groups in total. The lowest BCUT2D eigenvalue weighted by Gasteiger charge is -2.09. The summed E-state index contributed by atoms with van der Waals surface area (Å²) < 4.78 is 0. The number of aliphatic imine (C=N–C) groups is 1. The first kappa shape index (κ1) is 12.9. The SMILES string of the molecule is N[C@H]1N=C(c2ccccc2)c2ccccc2-c2ncncc21. The average molecular weight is 286 g/mol. The molecule has 22 heavy (non-hydrogen) atoms. The van der Waals surface area contributed by atoms with E-state index in [1.807, 2.05) is 42.5 Å². The molecule has 0 spiro atoms. The van der Waals surface area contributed by atoms with Crippen molar-refractivity contribution < 1.29 is 0 Å². The summed E-state index contributed by atoms with van der Waals surface area (Å²) in [4.78, 5) is 13.3. The van der Waals surface area contributed by atoms with Crippen molar-refractivity contribution >= 4 is 5.71 Å². The molecule has 0 amide bonds. The van der Waals surface area contributed by atoms with Gasteiger partial charge in [-0.3, -0.25) is 4.99 Å². The Hall–Kier alpha value is -2.85. The zero-order chi connectivity index (χ0) is 14.9. The van der Waals surface area contributed by atoms with Crippen LogP contribution in [-0.4, -0.2) is 15.7 Å². The summed E-state index contributed by atoms with van der Waals surface area (Å²) in [5.74, 6) is 0. The predicted octanol–water partition coefficient (Wildman–Crippen LogP) is 2.95. The minimum absolute atomic E-state index is 0.473. The maximum atomic E-state index is 6.29. The van der Waals surface area contributed by atoms with E-state index in [2.05, 4.69) is 22.1 Å². The Kier molecular flexibility index (Phi) is 3.02. The number of hydrogen-bond acceptors (Lipinski definition) is 4. The quantitative estimate of drug-likeness (QED) is 0.748. The second-order valence-corrected chi connectivity index (χ2v) is 5.16. The van der Waals surface area contributed by atoms with Gasteiger partial charge < -0.3 is 5.73 Å². The third-order valence-electron chi connectivity index (χ3n) is 3.81. The lowest BCUT2D eigenvalue weighted by atomic mass is 9.95. The van der Waals surface area contributed by atoms with Crippen LogP contribution in [0.3, 0.4) is 0 Å². The summed E-state index contributed by atoms with van der Waals surface area (Å²) in [5.41, 5.74) is 12.0. The van der Waals surface area contributed by atoms with E-state index in [1.165, 1.54) is 0 Å². The highest BCUT2D eigenvalue weighted by atomic mass is 15.0. The molecule has 3 aromatic rings. The molecule has 4 nitrogen and oxygen atoms in total. The van der Waals surface area contributed by atoms with Gasteiger partial charge >= 0.3 is 0 Å². The van der Waals surface area contributed by atoms with Crippen LogP contribution in [0, 0.1) is 0 Å². The number of hydrogen-bond donors (Lipinski definition) is 1. The van der Waals surface area contributed by atoms with E-state index in [4.69, 9.17) is 10.7 Å². The molecule has 1 atom stereocenters. The van der Waals surface area contributed by atoms with E-state index in [1.54, 1.807) is 12.5 Å². The lowest BCUT2D eigenvalue weighted by Crippen LogP contribution is -2.11. The van der Waals surface area contributed by atoms with E-state index in [9.17, 15) is 0 Å². The molecule has 1 aliphatic heterocycles. The van der Waals surface area contributed by atoms with E-state index < -0.39 is 6.17 Å². The van der Waals surface area contributed by atoms with Crippen LogP contribution in [0.4, 0.5) is 0 Å². The molecule has 0 unspecified atom stereocenters. The highest BCUT2D eigenvalue weighted by Crippen LogP contribution is 2.33. The molecule has 4 rings (SSSR count). The van der Waals surface area contributed by atoms with Crippen molar-refractivity contribution in [3.8, 4) is 11.3 Å². The number of rotatable bonds is 1. The molecule has 0 saturated heterocycles. The van der Waals surface area contributed by atoms with Crippen molar-refractivity contribution in [1.82, 2.24) is 9.97 Å².